The molecule has 0 aliphatic rings. The number of ether oxygens (including phenoxy) is 1. The van der Waals surface area contributed by atoms with Crippen molar-refractivity contribution in [3.63, 3.8) is 0 Å². The van der Waals surface area contributed by atoms with E-state index in [1.807, 2.05) is 12.1 Å². The van der Waals surface area contributed by atoms with Crippen LogP contribution in [0.1, 0.15) is 25.3 Å². The van der Waals surface area contributed by atoms with Crippen LogP contribution >= 0.6 is 0 Å². The Kier molecular flexibility index (Phi) is 5.83. The van der Waals surface area contributed by atoms with E-state index in [4.69, 9.17) is 4.74 Å². The van der Waals surface area contributed by atoms with E-state index in [1.54, 1.807) is 26.1 Å². The number of amides is 1. The van der Waals surface area contributed by atoms with Crippen LogP contribution in [0.4, 0.5) is 0 Å². The van der Waals surface area contributed by atoms with E-state index >= 15 is 0 Å². The zero-order chi connectivity index (χ0) is 14.4. The Balaban J connectivity index is 2.55. The van der Waals surface area contributed by atoms with Gasteiger partial charge in [-0.05, 0) is 30.5 Å². The van der Waals surface area contributed by atoms with Gasteiger partial charge in [-0.15, -0.1) is 0 Å². The molecule has 0 fully saturated rings. The molecule has 0 aliphatic carbocycles. The molecule has 0 heterocycles. The fourth-order valence-corrected chi connectivity index (χ4v) is 1.78. The maximum Gasteiger partial charge on any atom is 0.236 e. The molecule has 0 spiro atoms. The normalized spacial score (nSPS) is 13.7. The molecular formula is C15H24N2O2. The van der Waals surface area contributed by atoms with Crippen LogP contribution in [0.25, 0.3) is 0 Å². The minimum absolute atomic E-state index is 0.0915. The van der Waals surface area contributed by atoms with Crippen LogP contribution in [0.5, 0.6) is 5.75 Å². The fraction of sp³-hybridized carbons (Fsp3) is 0.533. The van der Waals surface area contributed by atoms with Gasteiger partial charge in [0.2, 0.25) is 5.91 Å². The average molecular weight is 264 g/mol. The SMILES string of the molecule is COc1ccc(C(C)C(C)NCC(=O)N(C)C)cc1. The van der Waals surface area contributed by atoms with Gasteiger partial charge in [0.1, 0.15) is 5.75 Å². The quantitative estimate of drug-likeness (QED) is 0.853. The predicted molar refractivity (Wildman–Crippen MR) is 77.6 cm³/mol. The lowest BCUT2D eigenvalue weighted by atomic mass is 9.94. The molecule has 19 heavy (non-hydrogen) atoms. The van der Waals surface area contributed by atoms with Crippen LogP contribution < -0.4 is 10.1 Å². The second kappa shape index (κ2) is 7.14. The molecule has 1 N–H and O–H groups in total. The Hall–Kier alpha value is -1.55. The zero-order valence-corrected chi connectivity index (χ0v) is 12.4. The summed E-state index contributed by atoms with van der Waals surface area (Å²) in [5, 5.41) is 3.27. The van der Waals surface area contributed by atoms with Gasteiger partial charge in [-0.25, -0.2) is 0 Å². The van der Waals surface area contributed by atoms with Crippen LogP contribution in [0.2, 0.25) is 0 Å². The van der Waals surface area contributed by atoms with Gasteiger partial charge in [-0.2, -0.15) is 0 Å². The third-order valence-electron chi connectivity index (χ3n) is 3.47. The first-order chi connectivity index (χ1) is 8.95. The van der Waals surface area contributed by atoms with Crippen molar-refractivity contribution in [3.8, 4) is 5.75 Å². The first-order valence-corrected chi connectivity index (χ1v) is 6.53. The van der Waals surface area contributed by atoms with Crippen LogP contribution in [0.3, 0.4) is 0 Å². The Labute approximate surface area is 115 Å². The molecule has 1 rings (SSSR count). The molecule has 1 aromatic carbocycles. The van der Waals surface area contributed by atoms with Crippen LogP contribution in [0, 0.1) is 0 Å². The number of likely N-dealkylation sites (N-methyl/N-ethyl adjacent to an activating group) is 1. The number of nitrogens with zero attached hydrogens (tertiary/aromatic N) is 1. The van der Waals surface area contributed by atoms with Crippen molar-refractivity contribution >= 4 is 5.91 Å². The second-order valence-corrected chi connectivity index (χ2v) is 5.02. The molecule has 2 atom stereocenters. The van der Waals surface area contributed by atoms with Crippen molar-refractivity contribution in [2.45, 2.75) is 25.8 Å². The van der Waals surface area contributed by atoms with Crippen LogP contribution in [-0.2, 0) is 4.79 Å². The maximum atomic E-state index is 11.5. The summed E-state index contributed by atoms with van der Waals surface area (Å²) in [7, 11) is 5.19. The van der Waals surface area contributed by atoms with Crippen LogP contribution in [-0.4, -0.2) is 44.6 Å². The fourth-order valence-electron chi connectivity index (χ4n) is 1.78. The molecular weight excluding hydrogens is 240 g/mol. The van der Waals surface area contributed by atoms with E-state index in [2.05, 4.69) is 31.3 Å². The molecule has 1 amide bonds. The van der Waals surface area contributed by atoms with Gasteiger partial charge < -0.3 is 15.0 Å². The Morgan fingerprint density at radius 1 is 1.26 bits per heavy atom. The summed E-state index contributed by atoms with van der Waals surface area (Å²) < 4.78 is 5.15. The van der Waals surface area contributed by atoms with E-state index < -0.39 is 0 Å². The number of nitrogens with one attached hydrogen (secondary N) is 1. The van der Waals surface area contributed by atoms with Crippen molar-refractivity contribution in [1.82, 2.24) is 10.2 Å². The standard InChI is InChI=1S/C15H24N2O2/c1-11(12(2)16-10-15(18)17(3)4)13-6-8-14(19-5)9-7-13/h6-9,11-12,16H,10H2,1-5H3. The van der Waals surface area contributed by atoms with Crippen molar-refractivity contribution in [3.05, 3.63) is 29.8 Å². The Bertz CT molecular complexity index is 401. The van der Waals surface area contributed by atoms with Gasteiger partial charge in [0, 0.05) is 20.1 Å². The van der Waals surface area contributed by atoms with E-state index in [0.29, 0.717) is 12.5 Å². The van der Waals surface area contributed by atoms with Crippen molar-refractivity contribution < 1.29 is 9.53 Å². The minimum Gasteiger partial charge on any atom is -0.497 e. The largest absolute Gasteiger partial charge is 0.497 e. The highest BCUT2D eigenvalue weighted by Crippen LogP contribution is 2.21. The predicted octanol–water partition coefficient (Wildman–Crippen LogP) is 1.86. The van der Waals surface area contributed by atoms with Gasteiger partial charge >= 0.3 is 0 Å². The smallest absolute Gasteiger partial charge is 0.236 e. The minimum atomic E-state index is 0.0915. The van der Waals surface area contributed by atoms with E-state index in [9.17, 15) is 4.79 Å². The molecule has 0 saturated carbocycles. The number of methoxy groups -OCH3 is 1. The first-order valence-electron chi connectivity index (χ1n) is 6.53. The molecule has 0 saturated heterocycles. The van der Waals surface area contributed by atoms with Gasteiger partial charge in [0.25, 0.3) is 0 Å². The van der Waals surface area contributed by atoms with Gasteiger partial charge in [-0.1, -0.05) is 19.1 Å². The Morgan fingerprint density at radius 2 is 1.84 bits per heavy atom. The summed E-state index contributed by atoms with van der Waals surface area (Å²) in [5.41, 5.74) is 1.23. The molecule has 4 nitrogen and oxygen atoms in total. The summed E-state index contributed by atoms with van der Waals surface area (Å²) in [6, 6.07) is 8.29. The third kappa shape index (κ3) is 4.56. The molecule has 106 valence electrons. The molecule has 4 heteroatoms. The number of rotatable bonds is 6. The monoisotopic (exact) mass is 264 g/mol. The molecule has 2 unspecified atom stereocenters. The third-order valence-corrected chi connectivity index (χ3v) is 3.47. The Morgan fingerprint density at radius 3 is 2.32 bits per heavy atom. The molecule has 0 aromatic heterocycles. The summed E-state index contributed by atoms with van der Waals surface area (Å²) in [6.45, 7) is 4.62. The molecule has 0 bridgehead atoms. The van der Waals surface area contributed by atoms with E-state index in [-0.39, 0.29) is 11.9 Å². The maximum absolute atomic E-state index is 11.5. The number of carbonyl (C=O) groups is 1. The molecule has 0 aliphatic heterocycles. The summed E-state index contributed by atoms with van der Waals surface area (Å²) in [5.74, 6) is 1.29. The van der Waals surface area contributed by atoms with Gasteiger partial charge in [0.15, 0.2) is 0 Å². The summed E-state index contributed by atoms with van der Waals surface area (Å²) in [6.07, 6.45) is 0. The highest BCUT2D eigenvalue weighted by atomic mass is 16.5. The number of carbonyl (C=O) groups excluding carboxylic acids is 1. The highest BCUT2D eigenvalue weighted by Gasteiger charge is 2.15. The van der Waals surface area contributed by atoms with Gasteiger partial charge in [0.05, 0.1) is 13.7 Å². The lowest BCUT2D eigenvalue weighted by Gasteiger charge is -2.22. The lowest BCUT2D eigenvalue weighted by Crippen LogP contribution is -2.39. The first kappa shape index (κ1) is 15.5. The number of hydrogen-bond acceptors (Lipinski definition) is 3. The van der Waals surface area contributed by atoms with E-state index in [0.717, 1.165) is 5.75 Å². The topological polar surface area (TPSA) is 41.6 Å². The van der Waals surface area contributed by atoms with Crippen LogP contribution in [0.15, 0.2) is 24.3 Å². The molecule has 0 radical (unpaired) electrons. The van der Waals surface area contributed by atoms with Gasteiger partial charge in [-0.3, -0.25) is 4.79 Å². The molecule has 1 aromatic rings. The second-order valence-electron chi connectivity index (χ2n) is 5.02. The summed E-state index contributed by atoms with van der Waals surface area (Å²) >= 11 is 0. The van der Waals surface area contributed by atoms with Crippen molar-refractivity contribution in [2.24, 2.45) is 0 Å². The lowest BCUT2D eigenvalue weighted by molar-refractivity contribution is -0.127. The summed E-state index contributed by atoms with van der Waals surface area (Å²) in [4.78, 5) is 13.1. The van der Waals surface area contributed by atoms with E-state index in [1.165, 1.54) is 5.56 Å². The number of benzene rings is 1. The zero-order valence-electron chi connectivity index (χ0n) is 12.4. The average Bonchev–Trinajstić information content (AvgIpc) is 2.43. The number of hydrogen-bond donors (Lipinski definition) is 1. The van der Waals surface area contributed by atoms with Crippen molar-refractivity contribution in [2.75, 3.05) is 27.7 Å². The van der Waals surface area contributed by atoms with Crippen molar-refractivity contribution in [1.29, 1.82) is 0 Å². The highest BCUT2D eigenvalue weighted by molar-refractivity contribution is 5.77.